The quantitative estimate of drug-likeness (QED) is 0.243. The van der Waals surface area contributed by atoms with E-state index in [4.69, 9.17) is 0 Å². The van der Waals surface area contributed by atoms with Crippen LogP contribution >= 0.6 is 22.6 Å². The molecule has 0 radical (unpaired) electrons. The average Bonchev–Trinajstić information content (AvgIpc) is 2.57. The lowest BCUT2D eigenvalue weighted by atomic mass is 10.1. The van der Waals surface area contributed by atoms with Crippen LogP contribution in [-0.4, -0.2) is 15.9 Å². The van der Waals surface area contributed by atoms with E-state index in [0.717, 1.165) is 11.6 Å². The highest BCUT2D eigenvalue weighted by atomic mass is 127. The summed E-state index contributed by atoms with van der Waals surface area (Å²) in [6.45, 7) is 1.91. The zero-order valence-electron chi connectivity index (χ0n) is 13.0. The topological polar surface area (TPSA) is 116 Å². The molecular weight excluding hydrogens is 437 g/mol. The molecule has 0 heterocycles. The van der Waals surface area contributed by atoms with E-state index in [1.54, 1.807) is 40.8 Å². The minimum absolute atomic E-state index is 0.212. The van der Waals surface area contributed by atoms with Crippen molar-refractivity contribution in [3.8, 4) is 11.8 Å². The number of halogens is 1. The highest BCUT2D eigenvalue weighted by Crippen LogP contribution is 2.33. The van der Waals surface area contributed by atoms with Crippen LogP contribution in [0, 0.1) is 31.9 Å². The van der Waals surface area contributed by atoms with Crippen LogP contribution in [0.2, 0.25) is 0 Å². The Morgan fingerprint density at radius 3 is 2.56 bits per heavy atom. The van der Waals surface area contributed by atoms with Crippen molar-refractivity contribution in [1.29, 1.82) is 5.26 Å². The second-order valence-corrected chi connectivity index (χ2v) is 6.28. The molecule has 0 fully saturated rings. The van der Waals surface area contributed by atoms with Gasteiger partial charge in [-0.15, -0.1) is 0 Å². The van der Waals surface area contributed by atoms with Gasteiger partial charge in [-0.25, -0.2) is 0 Å². The van der Waals surface area contributed by atoms with Crippen LogP contribution < -0.4 is 5.32 Å². The van der Waals surface area contributed by atoms with Crippen LogP contribution in [0.4, 0.5) is 11.4 Å². The minimum Gasteiger partial charge on any atom is -0.501 e. The SMILES string of the molecule is Cc1ccc(NC(=O)/C(C#N)=C\c2cc(I)c(O)c([N+](=O)[O-])c2)cc1. The maximum Gasteiger partial charge on any atom is 0.312 e. The lowest BCUT2D eigenvalue weighted by Gasteiger charge is -2.05. The lowest BCUT2D eigenvalue weighted by Crippen LogP contribution is -2.13. The van der Waals surface area contributed by atoms with Crippen molar-refractivity contribution in [2.75, 3.05) is 5.32 Å². The number of amides is 1. The number of nitrogens with one attached hydrogen (secondary N) is 1. The van der Waals surface area contributed by atoms with Crippen molar-refractivity contribution in [2.45, 2.75) is 6.92 Å². The molecule has 0 bridgehead atoms. The molecule has 0 unspecified atom stereocenters. The molecule has 2 N–H and O–H groups in total. The highest BCUT2D eigenvalue weighted by molar-refractivity contribution is 14.1. The largest absolute Gasteiger partial charge is 0.501 e. The molecular formula is C17H12IN3O4. The molecule has 0 atom stereocenters. The second-order valence-electron chi connectivity index (χ2n) is 5.12. The van der Waals surface area contributed by atoms with E-state index in [1.807, 2.05) is 19.1 Å². The van der Waals surface area contributed by atoms with Gasteiger partial charge in [-0.05, 0) is 59.4 Å². The molecule has 1 amide bonds. The minimum atomic E-state index is -0.729. The molecule has 2 aromatic rings. The van der Waals surface area contributed by atoms with Crippen LogP contribution in [0.25, 0.3) is 6.08 Å². The second kappa shape index (κ2) is 7.76. The number of phenolic OH excluding ortho intramolecular Hbond substituents is 1. The summed E-state index contributed by atoms with van der Waals surface area (Å²) in [5, 5.41) is 32.5. The molecule has 0 aliphatic rings. The molecule has 7 nitrogen and oxygen atoms in total. The third kappa shape index (κ3) is 4.54. The normalized spacial score (nSPS) is 10.8. The van der Waals surface area contributed by atoms with Crippen molar-refractivity contribution in [3.63, 3.8) is 0 Å². The van der Waals surface area contributed by atoms with Gasteiger partial charge in [-0.1, -0.05) is 17.7 Å². The molecule has 0 saturated carbocycles. The number of aryl methyl sites for hydroxylation is 1. The Balaban J connectivity index is 2.34. The lowest BCUT2D eigenvalue weighted by molar-refractivity contribution is -0.386. The molecule has 0 aliphatic carbocycles. The van der Waals surface area contributed by atoms with Crippen molar-refractivity contribution < 1.29 is 14.8 Å². The van der Waals surface area contributed by atoms with Gasteiger partial charge in [0, 0.05) is 11.8 Å². The fourth-order valence-corrected chi connectivity index (χ4v) is 2.61. The van der Waals surface area contributed by atoms with Crippen LogP contribution in [0.1, 0.15) is 11.1 Å². The summed E-state index contributed by atoms with van der Waals surface area (Å²) in [6, 6.07) is 11.4. The van der Waals surface area contributed by atoms with E-state index in [2.05, 4.69) is 5.32 Å². The summed E-state index contributed by atoms with van der Waals surface area (Å²) in [5.41, 5.74) is 1.12. The molecule has 2 aromatic carbocycles. The van der Waals surface area contributed by atoms with E-state index >= 15 is 0 Å². The number of nitriles is 1. The number of nitrogens with zero attached hydrogens (tertiary/aromatic N) is 2. The highest BCUT2D eigenvalue weighted by Gasteiger charge is 2.18. The average molecular weight is 449 g/mol. The monoisotopic (exact) mass is 449 g/mol. The Bertz CT molecular complexity index is 915. The van der Waals surface area contributed by atoms with Crippen LogP contribution in [0.3, 0.4) is 0 Å². The summed E-state index contributed by atoms with van der Waals surface area (Å²) >= 11 is 1.74. The Hall–Kier alpha value is -2.93. The molecule has 25 heavy (non-hydrogen) atoms. The van der Waals surface area contributed by atoms with Gasteiger partial charge in [-0.2, -0.15) is 5.26 Å². The number of nitro benzene ring substituents is 1. The molecule has 0 aromatic heterocycles. The van der Waals surface area contributed by atoms with E-state index in [0.29, 0.717) is 5.69 Å². The summed E-state index contributed by atoms with van der Waals surface area (Å²) in [6.07, 6.45) is 1.23. The maximum absolute atomic E-state index is 12.2. The first kappa shape index (κ1) is 18.4. The number of carbonyl (C=O) groups is 1. The fraction of sp³-hybridized carbons (Fsp3) is 0.0588. The Morgan fingerprint density at radius 1 is 1.36 bits per heavy atom. The van der Waals surface area contributed by atoms with Gasteiger partial charge in [0.1, 0.15) is 11.6 Å². The van der Waals surface area contributed by atoms with Crippen LogP contribution in [0.5, 0.6) is 5.75 Å². The van der Waals surface area contributed by atoms with Crippen molar-refractivity contribution in [3.05, 3.63) is 66.8 Å². The number of anilines is 1. The number of rotatable bonds is 4. The van der Waals surface area contributed by atoms with Crippen LogP contribution in [0.15, 0.2) is 42.0 Å². The van der Waals surface area contributed by atoms with Crippen molar-refractivity contribution in [1.82, 2.24) is 0 Å². The van der Waals surface area contributed by atoms with Gasteiger partial charge >= 0.3 is 5.69 Å². The smallest absolute Gasteiger partial charge is 0.312 e. The number of benzene rings is 2. The third-order valence-electron chi connectivity index (χ3n) is 3.25. The van der Waals surface area contributed by atoms with Gasteiger partial charge < -0.3 is 10.4 Å². The summed E-state index contributed by atoms with van der Waals surface area (Å²) < 4.78 is 0.245. The molecule has 126 valence electrons. The zero-order valence-corrected chi connectivity index (χ0v) is 15.1. The van der Waals surface area contributed by atoms with E-state index in [-0.39, 0.29) is 14.7 Å². The standard InChI is InChI=1S/C17H12IN3O4/c1-10-2-4-13(5-3-10)20-17(23)12(9-19)6-11-7-14(18)16(22)15(8-11)21(24)25/h2-8,22H,1H3,(H,20,23)/b12-6-. The number of hydrogen-bond acceptors (Lipinski definition) is 5. The van der Waals surface area contributed by atoms with Gasteiger partial charge in [0.2, 0.25) is 5.75 Å². The molecule has 2 rings (SSSR count). The predicted octanol–water partition coefficient (Wildman–Crippen LogP) is 3.76. The van der Waals surface area contributed by atoms with Crippen LogP contribution in [-0.2, 0) is 4.79 Å². The Labute approximate surface area is 156 Å². The number of phenols is 1. The van der Waals surface area contributed by atoms with Gasteiger partial charge in [-0.3, -0.25) is 14.9 Å². The maximum atomic E-state index is 12.2. The first-order chi connectivity index (χ1) is 11.8. The summed E-state index contributed by atoms with van der Waals surface area (Å²) in [5.74, 6) is -1.08. The van der Waals surface area contributed by atoms with Gasteiger partial charge in [0.25, 0.3) is 5.91 Å². The number of carbonyl (C=O) groups excluding carboxylic acids is 1. The van der Waals surface area contributed by atoms with Crippen molar-refractivity contribution >= 4 is 45.9 Å². The van der Waals surface area contributed by atoms with Crippen molar-refractivity contribution in [2.24, 2.45) is 0 Å². The zero-order chi connectivity index (χ0) is 18.6. The molecule has 0 spiro atoms. The van der Waals surface area contributed by atoms with E-state index < -0.39 is 22.3 Å². The van der Waals surface area contributed by atoms with E-state index in [9.17, 15) is 25.3 Å². The van der Waals surface area contributed by atoms with E-state index in [1.165, 1.54) is 12.1 Å². The summed E-state index contributed by atoms with van der Waals surface area (Å²) in [7, 11) is 0. The Morgan fingerprint density at radius 2 is 2.00 bits per heavy atom. The first-order valence-corrected chi connectivity index (χ1v) is 8.06. The Kier molecular flexibility index (Phi) is 5.71. The number of nitro groups is 1. The fourth-order valence-electron chi connectivity index (χ4n) is 1.98. The molecule has 0 saturated heterocycles. The number of aromatic hydroxyl groups is 1. The van der Waals surface area contributed by atoms with Gasteiger partial charge in [0.05, 0.1) is 8.49 Å². The predicted molar refractivity (Wildman–Crippen MR) is 101 cm³/mol. The molecule has 8 heteroatoms. The molecule has 0 aliphatic heterocycles. The van der Waals surface area contributed by atoms with Gasteiger partial charge in [0.15, 0.2) is 0 Å². The summed E-state index contributed by atoms with van der Waals surface area (Å²) in [4.78, 5) is 22.4. The third-order valence-corrected chi connectivity index (χ3v) is 4.07. The number of hydrogen-bond donors (Lipinski definition) is 2. The first-order valence-electron chi connectivity index (χ1n) is 6.98.